The minimum Gasteiger partial charge on any atom is -0.310 e. The van der Waals surface area contributed by atoms with Crippen LogP contribution in [0.5, 0.6) is 0 Å². The Kier molecular flexibility index (Phi) is 10.6. The predicted octanol–water partition coefficient (Wildman–Crippen LogP) is 25.0. The molecular weight excluding hydrogens is 1320 g/mol. The first-order chi connectivity index (χ1) is 54.1. The Labute approximate surface area is 623 Å². The molecule has 25 aromatic rings. The summed E-state index contributed by atoms with van der Waals surface area (Å²) in [4.78, 5) is 5.39. The van der Waals surface area contributed by atoms with Crippen LogP contribution in [0.4, 0.5) is 34.1 Å². The van der Waals surface area contributed by atoms with Gasteiger partial charge in [0.15, 0.2) is 0 Å². The Bertz CT molecular complexity index is 7130. The molecule has 0 N–H and O–H groups in total. The number of fused-ring (bicyclic) bond motifs is 28. The van der Waals surface area contributed by atoms with Crippen molar-refractivity contribution in [3.63, 3.8) is 0 Å². The highest BCUT2D eigenvalue weighted by molar-refractivity contribution is 7.00. The van der Waals surface area contributed by atoms with Crippen molar-refractivity contribution in [2.45, 2.75) is 0 Å². The summed E-state index contributed by atoms with van der Waals surface area (Å²) in [6, 6.07) is 132. The molecule has 17 aromatic carbocycles. The molecule has 10 heterocycles. The molecule has 109 heavy (non-hydrogen) atoms. The van der Waals surface area contributed by atoms with Gasteiger partial charge in [0.2, 0.25) is 0 Å². The van der Waals surface area contributed by atoms with E-state index in [1.54, 1.807) is 0 Å². The molecule has 2 aliphatic rings. The zero-order valence-electron chi connectivity index (χ0n) is 58.7. The summed E-state index contributed by atoms with van der Waals surface area (Å²) in [5.41, 5.74) is 34.7. The van der Waals surface area contributed by atoms with E-state index in [1.807, 2.05) is 0 Å². The largest absolute Gasteiger partial charge is 0.310 e. The zero-order chi connectivity index (χ0) is 70.3. The average molecular weight is 1380 g/mol. The molecule has 498 valence electrons. The first-order valence-electron chi connectivity index (χ1n) is 38.0. The Morgan fingerprint density at radius 1 is 0.174 bits per heavy atom. The van der Waals surface area contributed by atoms with E-state index in [0.717, 1.165) is 56.4 Å². The van der Waals surface area contributed by atoms with Gasteiger partial charge in [-0.05, 0) is 160 Å². The molecule has 0 atom stereocenters. The third-order valence-corrected chi connectivity index (χ3v) is 25.4. The van der Waals surface area contributed by atoms with E-state index < -0.39 is 0 Å². The molecule has 0 saturated heterocycles. The van der Waals surface area contributed by atoms with E-state index >= 15 is 0 Å². The van der Waals surface area contributed by atoms with Crippen LogP contribution in [0, 0.1) is 0 Å². The SMILES string of the molecule is c1ccc2c(c1)B1c3ccccc3N(c3c(-c4cc5c6ccccc6n6c7ccccc7c(c4)c56)cccc3-c3cc4c5ccccc5n5c6ccccc6c(c3)c45)c3cccc(c31)N2c1c(-c2cc3c4ccccc4n4c5ccccc5c(c2)c34)cccc1-c1cc2c3ccccc3n3c4ccccc4c(c1)c23. The molecule has 8 aromatic heterocycles. The fourth-order valence-electron chi connectivity index (χ4n) is 21.2. The molecule has 0 fully saturated rings. The maximum atomic E-state index is 2.70. The number of anilines is 6. The first kappa shape index (κ1) is 57.0. The van der Waals surface area contributed by atoms with Crippen molar-refractivity contribution < 1.29 is 0 Å². The summed E-state index contributed by atoms with van der Waals surface area (Å²) < 4.78 is 10.0. The Balaban J connectivity index is 0.772. The van der Waals surface area contributed by atoms with Crippen LogP contribution in [-0.2, 0) is 0 Å². The van der Waals surface area contributed by atoms with E-state index in [2.05, 4.69) is 373 Å². The molecule has 0 bridgehead atoms. The Morgan fingerprint density at radius 2 is 0.376 bits per heavy atom. The van der Waals surface area contributed by atoms with Crippen LogP contribution in [-0.4, -0.2) is 24.3 Å². The Morgan fingerprint density at radius 3 is 0.624 bits per heavy atom. The number of rotatable bonds is 6. The van der Waals surface area contributed by atoms with E-state index in [0.29, 0.717) is 0 Å². The van der Waals surface area contributed by atoms with Crippen LogP contribution < -0.4 is 26.2 Å². The molecule has 0 radical (unpaired) electrons. The van der Waals surface area contributed by atoms with Crippen molar-refractivity contribution in [1.29, 1.82) is 0 Å². The van der Waals surface area contributed by atoms with Crippen molar-refractivity contribution in [2.24, 2.45) is 0 Å². The summed E-state index contributed by atoms with van der Waals surface area (Å²) in [7, 11) is 0. The van der Waals surface area contributed by atoms with Crippen LogP contribution in [0.25, 0.3) is 197 Å². The summed E-state index contributed by atoms with van der Waals surface area (Å²) >= 11 is 0. The standard InChI is InChI=1S/C102H57BN6/c1-11-38-84-66(24-1)74-50-58(51-75-67-25-2-12-39-85(67)104(84)99(74)75)62-32-21-33-63(59-52-76-68-26-3-13-40-86(68)105-87-41-14-4-27-69(87)77(53-59)100(76)105)97(62)108-92-46-19-9-36-82(92)103-83-37-10-20-47-93(83)109(95-49-23-48-94(108)96(95)103)98-64(60-54-78-70-28-5-15-42-88(70)106-89-43-16-6-29-71(89)79(55-60)101(78)106)34-22-35-65(98)61-56-80-72-30-7-17-44-90(72)107-91-45-18-8-31-73(91)81(57-61)102(80)107/h1-57H. The fraction of sp³-hybridized carbons (Fsp3) is 0. The van der Waals surface area contributed by atoms with Gasteiger partial charge in [0.1, 0.15) is 0 Å². The van der Waals surface area contributed by atoms with E-state index in [1.165, 1.54) is 191 Å². The van der Waals surface area contributed by atoms with Crippen molar-refractivity contribution in [3.05, 3.63) is 346 Å². The maximum Gasteiger partial charge on any atom is 0.252 e. The van der Waals surface area contributed by atoms with Crippen LogP contribution in [0.15, 0.2) is 346 Å². The van der Waals surface area contributed by atoms with Crippen LogP contribution >= 0.6 is 0 Å². The van der Waals surface area contributed by atoms with E-state index in [4.69, 9.17) is 0 Å². The number of benzene rings is 17. The lowest BCUT2D eigenvalue weighted by atomic mass is 9.33. The summed E-state index contributed by atoms with van der Waals surface area (Å²) in [5.74, 6) is 0. The van der Waals surface area contributed by atoms with E-state index in [-0.39, 0.29) is 6.71 Å². The highest BCUT2D eigenvalue weighted by Gasteiger charge is 2.45. The topological polar surface area (TPSA) is 24.1 Å². The van der Waals surface area contributed by atoms with Gasteiger partial charge >= 0.3 is 0 Å². The lowest BCUT2D eigenvalue weighted by Gasteiger charge is -2.45. The molecule has 0 spiro atoms. The second kappa shape index (κ2) is 20.4. The second-order valence-corrected chi connectivity index (χ2v) is 30.5. The smallest absolute Gasteiger partial charge is 0.252 e. The molecule has 0 aliphatic carbocycles. The van der Waals surface area contributed by atoms with Crippen LogP contribution in [0.2, 0.25) is 0 Å². The van der Waals surface area contributed by atoms with E-state index in [9.17, 15) is 0 Å². The molecule has 2 aliphatic heterocycles. The summed E-state index contributed by atoms with van der Waals surface area (Å²) in [6.45, 7) is -0.143. The minimum absolute atomic E-state index is 0.143. The van der Waals surface area contributed by atoms with Crippen LogP contribution in [0.3, 0.4) is 0 Å². The van der Waals surface area contributed by atoms with Crippen molar-refractivity contribution in [3.8, 4) is 44.5 Å². The molecule has 0 amide bonds. The van der Waals surface area contributed by atoms with Crippen molar-refractivity contribution >= 4 is 210 Å². The van der Waals surface area contributed by atoms with Gasteiger partial charge in [0.25, 0.3) is 6.71 Å². The van der Waals surface area contributed by atoms with Crippen molar-refractivity contribution in [1.82, 2.24) is 17.6 Å². The minimum atomic E-state index is -0.143. The Hall–Kier alpha value is -14.4. The summed E-state index contributed by atoms with van der Waals surface area (Å²) in [6.07, 6.45) is 0. The molecular formula is C102H57BN6. The normalized spacial score (nSPS) is 13.3. The monoisotopic (exact) mass is 1380 g/mol. The number of para-hydroxylation sites is 12. The lowest BCUT2D eigenvalue weighted by Crippen LogP contribution is -2.61. The number of aromatic nitrogens is 4. The van der Waals surface area contributed by atoms with Gasteiger partial charge in [-0.15, -0.1) is 0 Å². The number of hydrogen-bond donors (Lipinski definition) is 0. The summed E-state index contributed by atoms with van der Waals surface area (Å²) in [5, 5.41) is 20.0. The van der Waals surface area contributed by atoms with Gasteiger partial charge in [0.05, 0.1) is 77.6 Å². The molecule has 0 unspecified atom stereocenters. The molecule has 6 nitrogen and oxygen atoms in total. The molecule has 0 saturated carbocycles. The van der Waals surface area contributed by atoms with Gasteiger partial charge in [-0.3, -0.25) is 0 Å². The third kappa shape index (κ3) is 7.06. The number of nitrogens with zero attached hydrogens (tertiary/aromatic N) is 6. The zero-order valence-corrected chi connectivity index (χ0v) is 58.7. The van der Waals surface area contributed by atoms with Crippen LogP contribution in [0.1, 0.15) is 0 Å². The van der Waals surface area contributed by atoms with Gasteiger partial charge < -0.3 is 27.4 Å². The average Bonchev–Trinajstić information content (AvgIpc) is 0.935. The quantitative estimate of drug-likeness (QED) is 0.155. The highest BCUT2D eigenvalue weighted by Crippen LogP contribution is 2.56. The molecule has 27 rings (SSSR count). The van der Waals surface area contributed by atoms with Crippen molar-refractivity contribution in [2.75, 3.05) is 9.80 Å². The second-order valence-electron chi connectivity index (χ2n) is 30.5. The first-order valence-corrected chi connectivity index (χ1v) is 38.0. The highest BCUT2D eigenvalue weighted by atomic mass is 15.2. The third-order valence-electron chi connectivity index (χ3n) is 25.4. The maximum absolute atomic E-state index is 2.70. The van der Waals surface area contributed by atoms with Gasteiger partial charge in [-0.25, -0.2) is 0 Å². The lowest BCUT2D eigenvalue weighted by molar-refractivity contribution is 1.25. The molecule has 7 heteroatoms. The van der Waals surface area contributed by atoms with Gasteiger partial charge in [-0.2, -0.15) is 0 Å². The predicted molar refractivity (Wildman–Crippen MR) is 461 cm³/mol. The van der Waals surface area contributed by atoms with Gasteiger partial charge in [-0.1, -0.05) is 224 Å². The fourth-order valence-corrected chi connectivity index (χ4v) is 21.2. The van der Waals surface area contributed by atoms with Gasteiger partial charge in [0, 0.05) is 131 Å². The number of hydrogen-bond acceptors (Lipinski definition) is 2.